The zero-order chi connectivity index (χ0) is 19.5. The maximum Gasteiger partial charge on any atom is 0.267 e. The van der Waals surface area contributed by atoms with E-state index in [0.29, 0.717) is 34.2 Å². The van der Waals surface area contributed by atoms with Gasteiger partial charge in [0.15, 0.2) is 11.5 Å². The maximum atomic E-state index is 12.7. The normalized spacial score (nSPS) is 11.9. The Morgan fingerprint density at radius 2 is 1.93 bits per heavy atom. The molecule has 1 aliphatic heterocycles. The van der Waals surface area contributed by atoms with Crippen LogP contribution in [-0.4, -0.2) is 23.6 Å². The van der Waals surface area contributed by atoms with E-state index < -0.39 is 0 Å². The van der Waals surface area contributed by atoms with Crippen LogP contribution in [0.2, 0.25) is 0 Å². The second kappa shape index (κ2) is 7.69. The molecule has 142 valence electrons. The van der Waals surface area contributed by atoms with E-state index in [-0.39, 0.29) is 18.6 Å². The van der Waals surface area contributed by atoms with Crippen LogP contribution in [0.1, 0.15) is 30.6 Å². The van der Waals surface area contributed by atoms with Gasteiger partial charge in [-0.05, 0) is 36.8 Å². The number of carbonyl (C=O) groups is 2. The summed E-state index contributed by atoms with van der Waals surface area (Å²) < 4.78 is 10.6. The Morgan fingerprint density at radius 3 is 2.75 bits per heavy atom. The Kier molecular flexibility index (Phi) is 4.94. The van der Waals surface area contributed by atoms with E-state index in [9.17, 15) is 9.59 Å². The van der Waals surface area contributed by atoms with Gasteiger partial charge in [0, 0.05) is 6.54 Å². The maximum absolute atomic E-state index is 12.7. The Hall–Kier alpha value is -3.39. The third-order valence-electron chi connectivity index (χ3n) is 4.16. The molecule has 3 aromatic rings. The van der Waals surface area contributed by atoms with Crippen molar-refractivity contribution in [1.82, 2.24) is 10.3 Å². The molecule has 2 amide bonds. The fourth-order valence-electron chi connectivity index (χ4n) is 2.77. The van der Waals surface area contributed by atoms with Crippen LogP contribution in [0.4, 0.5) is 5.69 Å². The first-order valence-electron chi connectivity index (χ1n) is 8.60. The number of amides is 2. The van der Waals surface area contributed by atoms with E-state index in [4.69, 9.17) is 9.47 Å². The van der Waals surface area contributed by atoms with Gasteiger partial charge in [-0.15, -0.1) is 11.3 Å². The van der Waals surface area contributed by atoms with Gasteiger partial charge in [-0.3, -0.25) is 9.59 Å². The standard InChI is InChI=1S/C20H17N3O4S/c1-12-21-10-18(28-12)20(25)23-15-5-3-2-4-14(15)19(24)22-9-13-6-7-16-17(8-13)27-11-26-16/h2-8,10H,9,11H2,1H3,(H,22,24)(H,23,25). The smallest absolute Gasteiger partial charge is 0.267 e. The zero-order valence-corrected chi connectivity index (χ0v) is 15.8. The van der Waals surface area contributed by atoms with E-state index in [0.717, 1.165) is 10.6 Å². The number of para-hydroxylation sites is 1. The molecule has 0 aliphatic carbocycles. The van der Waals surface area contributed by atoms with E-state index >= 15 is 0 Å². The van der Waals surface area contributed by atoms with Gasteiger partial charge in [-0.1, -0.05) is 18.2 Å². The number of aromatic nitrogens is 1. The summed E-state index contributed by atoms with van der Waals surface area (Å²) in [6.07, 6.45) is 1.53. The van der Waals surface area contributed by atoms with Crippen LogP contribution in [-0.2, 0) is 6.54 Å². The van der Waals surface area contributed by atoms with Crippen molar-refractivity contribution in [1.29, 1.82) is 0 Å². The first-order valence-corrected chi connectivity index (χ1v) is 9.41. The minimum atomic E-state index is -0.290. The molecule has 0 bridgehead atoms. The zero-order valence-electron chi connectivity index (χ0n) is 15.0. The van der Waals surface area contributed by atoms with Crippen molar-refractivity contribution in [2.45, 2.75) is 13.5 Å². The molecule has 7 nitrogen and oxygen atoms in total. The van der Waals surface area contributed by atoms with Crippen molar-refractivity contribution in [3.8, 4) is 11.5 Å². The lowest BCUT2D eigenvalue weighted by Gasteiger charge is -2.11. The molecule has 28 heavy (non-hydrogen) atoms. The molecule has 2 heterocycles. The van der Waals surface area contributed by atoms with Gasteiger partial charge < -0.3 is 20.1 Å². The lowest BCUT2D eigenvalue weighted by molar-refractivity contribution is 0.0951. The number of ether oxygens (including phenoxy) is 2. The highest BCUT2D eigenvalue weighted by Gasteiger charge is 2.17. The van der Waals surface area contributed by atoms with E-state index in [1.165, 1.54) is 17.5 Å². The molecular weight excluding hydrogens is 378 g/mol. The molecule has 0 unspecified atom stereocenters. The number of rotatable bonds is 5. The van der Waals surface area contributed by atoms with Crippen LogP contribution < -0.4 is 20.1 Å². The van der Waals surface area contributed by atoms with Crippen LogP contribution in [0, 0.1) is 6.92 Å². The second-order valence-corrected chi connectivity index (χ2v) is 7.35. The predicted octanol–water partition coefficient (Wildman–Crippen LogP) is 3.36. The van der Waals surface area contributed by atoms with Crippen molar-refractivity contribution in [2.24, 2.45) is 0 Å². The van der Waals surface area contributed by atoms with Crippen LogP contribution >= 0.6 is 11.3 Å². The number of anilines is 1. The van der Waals surface area contributed by atoms with Gasteiger partial charge in [0.25, 0.3) is 11.8 Å². The van der Waals surface area contributed by atoms with Gasteiger partial charge in [0.05, 0.1) is 22.5 Å². The molecule has 8 heteroatoms. The first kappa shape index (κ1) is 18.0. The van der Waals surface area contributed by atoms with E-state index in [1.807, 2.05) is 25.1 Å². The van der Waals surface area contributed by atoms with Crippen molar-refractivity contribution in [3.05, 3.63) is 69.7 Å². The minimum Gasteiger partial charge on any atom is -0.454 e. The monoisotopic (exact) mass is 395 g/mol. The van der Waals surface area contributed by atoms with Crippen molar-refractivity contribution >= 4 is 28.8 Å². The van der Waals surface area contributed by atoms with Gasteiger partial charge in [-0.25, -0.2) is 4.98 Å². The highest BCUT2D eigenvalue weighted by Crippen LogP contribution is 2.32. The van der Waals surface area contributed by atoms with Gasteiger partial charge in [-0.2, -0.15) is 0 Å². The molecular formula is C20H17N3O4S. The molecule has 0 radical (unpaired) electrons. The summed E-state index contributed by atoms with van der Waals surface area (Å²) in [4.78, 5) is 29.6. The number of thiazole rings is 1. The van der Waals surface area contributed by atoms with Gasteiger partial charge >= 0.3 is 0 Å². The molecule has 2 aromatic carbocycles. The Bertz CT molecular complexity index is 1050. The first-order chi connectivity index (χ1) is 13.6. The number of benzene rings is 2. The van der Waals surface area contributed by atoms with Crippen LogP contribution in [0.25, 0.3) is 0 Å². The summed E-state index contributed by atoms with van der Waals surface area (Å²) in [5.74, 6) is 0.788. The summed E-state index contributed by atoms with van der Waals surface area (Å²) in [6.45, 7) is 2.36. The van der Waals surface area contributed by atoms with Crippen LogP contribution in [0.5, 0.6) is 11.5 Å². The summed E-state index contributed by atoms with van der Waals surface area (Å²) in [6, 6.07) is 12.4. The summed E-state index contributed by atoms with van der Waals surface area (Å²) in [5, 5.41) is 6.46. The topological polar surface area (TPSA) is 89.6 Å². The Balaban J connectivity index is 1.45. The SMILES string of the molecule is Cc1ncc(C(=O)Nc2ccccc2C(=O)NCc2ccc3c(c2)OCO3)s1. The number of nitrogens with zero attached hydrogens (tertiary/aromatic N) is 1. The van der Waals surface area contributed by atoms with Crippen molar-refractivity contribution in [2.75, 3.05) is 12.1 Å². The molecule has 1 aromatic heterocycles. The largest absolute Gasteiger partial charge is 0.454 e. The highest BCUT2D eigenvalue weighted by atomic mass is 32.1. The average Bonchev–Trinajstić information content (AvgIpc) is 3.35. The number of nitrogens with one attached hydrogen (secondary N) is 2. The summed E-state index contributed by atoms with van der Waals surface area (Å²) >= 11 is 1.30. The number of fused-ring (bicyclic) bond motifs is 1. The minimum absolute atomic E-state index is 0.206. The molecule has 2 N–H and O–H groups in total. The number of hydrogen-bond acceptors (Lipinski definition) is 6. The second-order valence-electron chi connectivity index (χ2n) is 6.11. The predicted molar refractivity (Wildman–Crippen MR) is 105 cm³/mol. The number of carbonyl (C=O) groups excluding carboxylic acids is 2. The van der Waals surface area contributed by atoms with E-state index in [2.05, 4.69) is 15.6 Å². The molecule has 1 aliphatic rings. The average molecular weight is 395 g/mol. The van der Waals surface area contributed by atoms with Crippen LogP contribution in [0.3, 0.4) is 0 Å². The van der Waals surface area contributed by atoms with E-state index in [1.54, 1.807) is 24.3 Å². The van der Waals surface area contributed by atoms with Crippen molar-refractivity contribution in [3.63, 3.8) is 0 Å². The fourth-order valence-corrected chi connectivity index (χ4v) is 3.44. The number of aryl methyl sites for hydroxylation is 1. The molecule has 0 saturated carbocycles. The molecule has 0 atom stereocenters. The molecule has 0 spiro atoms. The van der Waals surface area contributed by atoms with Gasteiger partial charge in [0.2, 0.25) is 6.79 Å². The lowest BCUT2D eigenvalue weighted by atomic mass is 10.1. The lowest BCUT2D eigenvalue weighted by Crippen LogP contribution is -2.24. The number of hydrogen-bond donors (Lipinski definition) is 2. The van der Waals surface area contributed by atoms with Crippen molar-refractivity contribution < 1.29 is 19.1 Å². The highest BCUT2D eigenvalue weighted by molar-refractivity contribution is 7.13. The van der Waals surface area contributed by atoms with Gasteiger partial charge in [0.1, 0.15) is 4.88 Å². The summed E-state index contributed by atoms with van der Waals surface area (Å²) in [7, 11) is 0. The Labute approximate surface area is 165 Å². The molecule has 4 rings (SSSR count). The summed E-state index contributed by atoms with van der Waals surface area (Å²) in [5.41, 5.74) is 1.72. The Morgan fingerprint density at radius 1 is 1.11 bits per heavy atom. The fraction of sp³-hybridized carbons (Fsp3) is 0.150. The molecule has 0 saturated heterocycles. The van der Waals surface area contributed by atoms with Crippen LogP contribution in [0.15, 0.2) is 48.7 Å². The quantitative estimate of drug-likeness (QED) is 0.691. The molecule has 0 fully saturated rings. The third-order valence-corrected chi connectivity index (χ3v) is 5.07. The third kappa shape index (κ3) is 3.81.